The Bertz CT molecular complexity index is 1820. The highest BCUT2D eigenvalue weighted by Gasteiger charge is 2.50. The van der Waals surface area contributed by atoms with Gasteiger partial charge in [-0.2, -0.15) is 0 Å². The number of fused-ring (bicyclic) bond motifs is 4. The fourth-order valence-electron chi connectivity index (χ4n) is 9.00. The zero-order valence-corrected chi connectivity index (χ0v) is 37.1. The third-order valence-corrected chi connectivity index (χ3v) is 22.5. The minimum absolute atomic E-state index is 0.131. The van der Waals surface area contributed by atoms with Crippen molar-refractivity contribution < 1.29 is 9.59 Å². The Kier molecular flexibility index (Phi) is 13.6. The highest BCUT2D eigenvalue weighted by molar-refractivity contribution is 7.32. The fraction of sp³-hybridized carbons (Fsp3) is 0.591. The molecule has 0 saturated heterocycles. The third-order valence-electron chi connectivity index (χ3n) is 12.0. The Morgan fingerprint density at radius 2 is 1.23 bits per heavy atom. The first-order valence-corrected chi connectivity index (χ1v) is 26.3. The van der Waals surface area contributed by atoms with Gasteiger partial charge in [-0.1, -0.05) is 118 Å². The average molecular weight is 792 g/mol. The number of hydrogen-bond acceptors (Lipinski definition) is 6. The molecule has 0 saturated carbocycles. The number of anilines is 1. The number of hydrogen-bond donors (Lipinski definition) is 0. The molecule has 0 N–H and O–H groups in total. The van der Waals surface area contributed by atoms with Gasteiger partial charge in [-0.25, -0.2) is 4.90 Å². The summed E-state index contributed by atoms with van der Waals surface area (Å²) >= 11 is 7.20. The van der Waals surface area contributed by atoms with Crippen molar-refractivity contribution in [3.8, 4) is 19.5 Å². The molecule has 0 spiro atoms. The molecule has 2 atom stereocenters. The summed E-state index contributed by atoms with van der Waals surface area (Å²) in [4.78, 5) is 38.8. The quantitative estimate of drug-likeness (QED) is 0.0479. The smallest absolute Gasteiger partial charge is 0.268 e. The maximum atomic E-state index is 14.4. The SMILES string of the molecule is CCCCCCCCc1ccc(N2C(=O)c3c(C)sc(-c4cc5c(s4)-c4sc(C)cc4[Si]5(CC(CC)CCCC)CC(CC)CCCC)c3C2=O)s1. The topological polar surface area (TPSA) is 37.4 Å². The van der Waals surface area contributed by atoms with Gasteiger partial charge in [-0.15, -0.1) is 45.3 Å². The van der Waals surface area contributed by atoms with Crippen molar-refractivity contribution in [3.05, 3.63) is 50.0 Å². The second-order valence-corrected chi connectivity index (χ2v) is 24.5. The second kappa shape index (κ2) is 17.7. The number of nitrogens with zero attached hydrogens (tertiary/aromatic N) is 1. The maximum Gasteiger partial charge on any atom is 0.268 e. The molecule has 0 aliphatic carbocycles. The summed E-state index contributed by atoms with van der Waals surface area (Å²) < 4.78 is 0. The van der Waals surface area contributed by atoms with E-state index < -0.39 is 8.07 Å². The number of carbonyl (C=O) groups is 2. The molecule has 0 radical (unpaired) electrons. The first kappa shape index (κ1) is 39.8. The Morgan fingerprint density at radius 3 is 1.88 bits per heavy atom. The van der Waals surface area contributed by atoms with Gasteiger partial charge >= 0.3 is 0 Å². The lowest BCUT2D eigenvalue weighted by molar-refractivity contribution is 0.0927. The van der Waals surface area contributed by atoms with Gasteiger partial charge in [0.25, 0.3) is 11.8 Å². The molecule has 6 heterocycles. The van der Waals surface area contributed by atoms with Crippen LogP contribution in [-0.2, 0) is 6.42 Å². The van der Waals surface area contributed by atoms with Crippen LogP contribution in [0.4, 0.5) is 5.00 Å². The predicted molar refractivity (Wildman–Crippen MR) is 234 cm³/mol. The number of unbranched alkanes of at least 4 members (excludes halogenated alkanes) is 7. The van der Waals surface area contributed by atoms with E-state index in [2.05, 4.69) is 59.7 Å². The molecule has 52 heavy (non-hydrogen) atoms. The van der Waals surface area contributed by atoms with E-state index in [0.717, 1.165) is 39.4 Å². The van der Waals surface area contributed by atoms with E-state index in [9.17, 15) is 9.59 Å². The number of aryl methyl sites for hydroxylation is 3. The second-order valence-electron chi connectivity index (χ2n) is 15.7. The van der Waals surface area contributed by atoms with Gasteiger partial charge < -0.3 is 0 Å². The van der Waals surface area contributed by atoms with E-state index in [4.69, 9.17) is 0 Å². The van der Waals surface area contributed by atoms with Crippen LogP contribution in [0.15, 0.2) is 24.3 Å². The molecule has 2 unspecified atom stereocenters. The van der Waals surface area contributed by atoms with Gasteiger partial charge in [0.15, 0.2) is 0 Å². The number of imide groups is 1. The highest BCUT2D eigenvalue weighted by atomic mass is 32.1. The molecule has 4 aromatic rings. The largest absolute Gasteiger partial charge is 0.268 e. The lowest BCUT2D eigenvalue weighted by Gasteiger charge is -2.35. The number of amides is 2. The summed E-state index contributed by atoms with van der Waals surface area (Å²) in [6.07, 6.45) is 18.9. The summed E-state index contributed by atoms with van der Waals surface area (Å²) in [5.74, 6) is 1.22. The highest BCUT2D eigenvalue weighted by Crippen LogP contribution is 2.51. The summed E-state index contributed by atoms with van der Waals surface area (Å²) in [5.41, 5.74) is 1.29. The summed E-state index contributed by atoms with van der Waals surface area (Å²) in [6.45, 7) is 16.1. The maximum absolute atomic E-state index is 14.4. The molecular formula is C44H61NO2S4Si. The van der Waals surface area contributed by atoms with Crippen molar-refractivity contribution in [1.29, 1.82) is 0 Å². The molecule has 6 rings (SSSR count). The molecular weight excluding hydrogens is 731 g/mol. The zero-order chi connectivity index (χ0) is 37.0. The zero-order valence-electron chi connectivity index (χ0n) is 32.9. The monoisotopic (exact) mass is 791 g/mol. The van der Waals surface area contributed by atoms with Crippen LogP contribution in [0.25, 0.3) is 19.5 Å². The molecule has 0 bridgehead atoms. The van der Waals surface area contributed by atoms with Crippen LogP contribution in [0.2, 0.25) is 12.1 Å². The summed E-state index contributed by atoms with van der Waals surface area (Å²) in [6, 6.07) is 11.9. The van der Waals surface area contributed by atoms with E-state index in [1.54, 1.807) is 33.0 Å². The molecule has 282 valence electrons. The van der Waals surface area contributed by atoms with E-state index in [-0.39, 0.29) is 11.8 Å². The molecule has 2 aliphatic heterocycles. The predicted octanol–water partition coefficient (Wildman–Crippen LogP) is 13.9. The molecule has 8 heteroatoms. The molecule has 4 aromatic heterocycles. The summed E-state index contributed by atoms with van der Waals surface area (Å²) in [7, 11) is -2.10. The van der Waals surface area contributed by atoms with Crippen LogP contribution < -0.4 is 15.3 Å². The Labute approximate surface area is 331 Å². The van der Waals surface area contributed by atoms with Crippen molar-refractivity contribution in [2.45, 2.75) is 157 Å². The van der Waals surface area contributed by atoms with Crippen molar-refractivity contribution in [1.82, 2.24) is 0 Å². The normalized spacial score (nSPS) is 17.6. The molecule has 2 aliphatic rings. The van der Waals surface area contributed by atoms with Crippen LogP contribution in [0.3, 0.4) is 0 Å². The Balaban J connectivity index is 1.35. The third kappa shape index (κ3) is 7.80. The molecule has 0 fully saturated rings. The summed E-state index contributed by atoms with van der Waals surface area (Å²) in [5, 5.41) is 4.13. The van der Waals surface area contributed by atoms with Crippen molar-refractivity contribution >= 4 is 80.6 Å². The van der Waals surface area contributed by atoms with E-state index in [0.29, 0.717) is 11.1 Å². The van der Waals surface area contributed by atoms with Gasteiger partial charge in [-0.05, 0) is 85.3 Å². The van der Waals surface area contributed by atoms with Gasteiger partial charge in [0.05, 0.1) is 16.0 Å². The van der Waals surface area contributed by atoms with Crippen LogP contribution in [-0.4, -0.2) is 19.9 Å². The fourth-order valence-corrected chi connectivity index (χ4v) is 21.6. The minimum Gasteiger partial charge on any atom is -0.268 e. The number of rotatable bonds is 21. The van der Waals surface area contributed by atoms with Gasteiger partial charge in [0.2, 0.25) is 0 Å². The van der Waals surface area contributed by atoms with Crippen LogP contribution >= 0.6 is 45.3 Å². The van der Waals surface area contributed by atoms with Crippen LogP contribution in [0.5, 0.6) is 0 Å². The Hall–Kier alpha value is -1.84. The molecule has 2 amide bonds. The number of carbonyl (C=O) groups excluding carboxylic acids is 2. The van der Waals surface area contributed by atoms with Crippen molar-refractivity contribution in [2.24, 2.45) is 11.8 Å². The standard InChI is InChI=1S/C44H61NO2S4Si/c1-8-13-16-17-18-19-22-33-23-24-37(50-33)45-43(46)38-30(7)49-40(39(38)44(45)47)34-26-36-42(51-34)41-35(25-29(6)48-41)52(36,27-31(11-4)20-14-9-2)28-32(12-5)21-15-10-3/h23-26,31-32H,8-22,27-28H2,1-7H3. The lowest BCUT2D eigenvalue weighted by atomic mass is 10.0. The molecule has 0 aromatic carbocycles. The first-order valence-electron chi connectivity index (χ1n) is 20.6. The van der Waals surface area contributed by atoms with Crippen LogP contribution in [0, 0.1) is 25.7 Å². The van der Waals surface area contributed by atoms with Crippen molar-refractivity contribution in [3.63, 3.8) is 0 Å². The minimum atomic E-state index is -2.10. The Morgan fingerprint density at radius 1 is 0.635 bits per heavy atom. The van der Waals surface area contributed by atoms with Gasteiger partial charge in [0, 0.05) is 29.3 Å². The van der Waals surface area contributed by atoms with Gasteiger partial charge in [-0.3, -0.25) is 9.59 Å². The van der Waals surface area contributed by atoms with E-state index in [1.165, 1.54) is 125 Å². The van der Waals surface area contributed by atoms with Crippen LogP contribution in [0.1, 0.15) is 160 Å². The van der Waals surface area contributed by atoms with Gasteiger partial charge in [0.1, 0.15) is 13.1 Å². The van der Waals surface area contributed by atoms with E-state index >= 15 is 0 Å². The number of thiophene rings is 4. The average Bonchev–Trinajstić information content (AvgIpc) is 3.98. The van der Waals surface area contributed by atoms with E-state index in [1.807, 2.05) is 35.7 Å². The lowest BCUT2D eigenvalue weighted by Crippen LogP contribution is -2.56. The van der Waals surface area contributed by atoms with Crippen molar-refractivity contribution in [2.75, 3.05) is 4.90 Å². The first-order chi connectivity index (χ1) is 25.2. The molecule has 3 nitrogen and oxygen atoms in total.